The number of thiophene rings is 1. The summed E-state index contributed by atoms with van der Waals surface area (Å²) in [6.07, 6.45) is 4.80. The van der Waals surface area contributed by atoms with Gasteiger partial charge in [-0.15, -0.1) is 11.3 Å². The first-order valence-corrected chi connectivity index (χ1v) is 11.4. The Bertz CT molecular complexity index is 1090. The van der Waals surface area contributed by atoms with Crippen molar-refractivity contribution in [1.82, 2.24) is 14.9 Å². The second kappa shape index (κ2) is 7.58. The predicted octanol–water partition coefficient (Wildman–Crippen LogP) is 4.49. The summed E-state index contributed by atoms with van der Waals surface area (Å²) in [6, 6.07) is 7.27. The maximum atomic E-state index is 12.9. The lowest BCUT2D eigenvalue weighted by Gasteiger charge is -2.36. The van der Waals surface area contributed by atoms with Gasteiger partial charge in [-0.3, -0.25) is 4.79 Å². The summed E-state index contributed by atoms with van der Waals surface area (Å²) in [7, 11) is 0. The lowest BCUT2D eigenvalue weighted by molar-refractivity contribution is 0.0747. The van der Waals surface area contributed by atoms with E-state index in [0.29, 0.717) is 23.7 Å². The van der Waals surface area contributed by atoms with Crippen molar-refractivity contribution in [3.63, 3.8) is 0 Å². The van der Waals surface area contributed by atoms with Gasteiger partial charge in [-0.05, 0) is 50.3 Å². The number of rotatable bonds is 2. The molecule has 3 heterocycles. The van der Waals surface area contributed by atoms with Gasteiger partial charge in [-0.1, -0.05) is 23.7 Å². The molecule has 5 nitrogen and oxygen atoms in total. The number of carbonyl (C=O) groups is 1. The first-order chi connectivity index (χ1) is 14.1. The van der Waals surface area contributed by atoms with Crippen LogP contribution in [0.15, 0.2) is 24.3 Å². The van der Waals surface area contributed by atoms with Gasteiger partial charge >= 0.3 is 0 Å². The zero-order valence-electron chi connectivity index (χ0n) is 16.4. The van der Waals surface area contributed by atoms with Crippen LogP contribution in [0.3, 0.4) is 0 Å². The van der Waals surface area contributed by atoms with Crippen molar-refractivity contribution in [2.75, 3.05) is 31.1 Å². The minimum absolute atomic E-state index is 0.00665. The topological polar surface area (TPSA) is 49.3 Å². The van der Waals surface area contributed by atoms with Gasteiger partial charge in [0.1, 0.15) is 16.5 Å². The van der Waals surface area contributed by atoms with Crippen molar-refractivity contribution in [3.8, 4) is 0 Å². The molecule has 1 amide bonds. The van der Waals surface area contributed by atoms with E-state index in [1.165, 1.54) is 28.7 Å². The Hall–Kier alpha value is -2.18. The number of hydrogen-bond acceptors (Lipinski definition) is 5. The summed E-state index contributed by atoms with van der Waals surface area (Å²) in [4.78, 5) is 29.3. The summed E-state index contributed by atoms with van der Waals surface area (Å²) < 4.78 is 0. The number of anilines is 1. The average molecular weight is 427 g/mol. The molecule has 1 aliphatic carbocycles. The average Bonchev–Trinajstić information content (AvgIpc) is 3.11. The number of amides is 1. The highest BCUT2D eigenvalue weighted by Crippen LogP contribution is 2.40. The Morgan fingerprint density at radius 3 is 2.62 bits per heavy atom. The summed E-state index contributed by atoms with van der Waals surface area (Å²) in [5.41, 5.74) is 2.04. The zero-order valence-corrected chi connectivity index (χ0v) is 18.0. The molecular formula is C22H23ClN4OS. The third-order valence-electron chi connectivity index (χ3n) is 5.88. The number of nitrogens with zero attached hydrogens (tertiary/aromatic N) is 4. The zero-order chi connectivity index (χ0) is 20.0. The summed E-state index contributed by atoms with van der Waals surface area (Å²) in [5.74, 6) is 1.88. The first kappa shape index (κ1) is 18.8. The lowest BCUT2D eigenvalue weighted by atomic mass is 9.97. The number of carbonyl (C=O) groups excluding carboxylic acids is 1. The highest BCUT2D eigenvalue weighted by Gasteiger charge is 2.28. The largest absolute Gasteiger partial charge is 0.352 e. The van der Waals surface area contributed by atoms with Gasteiger partial charge in [0.05, 0.1) is 16.0 Å². The molecule has 0 saturated carbocycles. The molecule has 7 heteroatoms. The van der Waals surface area contributed by atoms with Crippen molar-refractivity contribution in [3.05, 3.63) is 51.1 Å². The van der Waals surface area contributed by atoms with Gasteiger partial charge in [0, 0.05) is 31.1 Å². The van der Waals surface area contributed by atoms with E-state index in [1.54, 1.807) is 12.1 Å². The van der Waals surface area contributed by atoms with Crippen LogP contribution in [0.2, 0.25) is 5.02 Å². The standard InChI is InChI=1S/C22H23ClN4OS/c1-14-24-20(19-16-7-3-5-9-18(16)29-21(19)25-14)26-10-12-27(13-11-26)22(28)15-6-2-4-8-17(15)23/h2,4,6,8H,3,5,7,9-13H2,1H3. The van der Waals surface area contributed by atoms with Gasteiger partial charge in [0.25, 0.3) is 5.91 Å². The second-order valence-electron chi connectivity index (χ2n) is 7.74. The molecule has 1 aromatic carbocycles. The molecule has 29 heavy (non-hydrogen) atoms. The number of piperazine rings is 1. The van der Waals surface area contributed by atoms with Crippen LogP contribution >= 0.6 is 22.9 Å². The second-order valence-corrected chi connectivity index (χ2v) is 9.24. The van der Waals surface area contributed by atoms with E-state index in [2.05, 4.69) is 4.90 Å². The molecule has 0 bridgehead atoms. The Morgan fingerprint density at radius 1 is 1.07 bits per heavy atom. The van der Waals surface area contributed by atoms with Crippen LogP contribution in [-0.2, 0) is 12.8 Å². The number of halogens is 1. The number of aryl methyl sites for hydroxylation is 3. The third-order valence-corrected chi connectivity index (χ3v) is 7.39. The van der Waals surface area contributed by atoms with Crippen LogP contribution < -0.4 is 4.90 Å². The van der Waals surface area contributed by atoms with Crippen molar-refractivity contribution < 1.29 is 4.79 Å². The molecule has 150 valence electrons. The molecule has 2 aromatic heterocycles. The maximum Gasteiger partial charge on any atom is 0.255 e. The molecule has 0 N–H and O–H groups in total. The van der Waals surface area contributed by atoms with E-state index < -0.39 is 0 Å². The number of aromatic nitrogens is 2. The minimum Gasteiger partial charge on any atom is -0.352 e. The Kier molecular flexibility index (Phi) is 4.92. The molecule has 0 spiro atoms. The summed E-state index contributed by atoms with van der Waals surface area (Å²) >= 11 is 8.07. The van der Waals surface area contributed by atoms with Crippen molar-refractivity contribution in [2.45, 2.75) is 32.6 Å². The minimum atomic E-state index is 0.00665. The first-order valence-electron chi connectivity index (χ1n) is 10.2. The fourth-order valence-corrected chi connectivity index (χ4v) is 5.92. The van der Waals surface area contributed by atoms with Crippen LogP contribution in [-0.4, -0.2) is 47.0 Å². The van der Waals surface area contributed by atoms with E-state index >= 15 is 0 Å². The van der Waals surface area contributed by atoms with E-state index in [4.69, 9.17) is 21.6 Å². The SMILES string of the molecule is Cc1nc(N2CCN(C(=O)c3ccccc3Cl)CC2)c2c3c(sc2n1)CCCC3. The Morgan fingerprint density at radius 2 is 1.83 bits per heavy atom. The summed E-state index contributed by atoms with van der Waals surface area (Å²) in [6.45, 7) is 4.85. The molecular weight excluding hydrogens is 404 g/mol. The summed E-state index contributed by atoms with van der Waals surface area (Å²) in [5, 5.41) is 1.76. The van der Waals surface area contributed by atoms with E-state index in [9.17, 15) is 4.79 Å². The Labute approximate surface area is 179 Å². The molecule has 0 atom stereocenters. The van der Waals surface area contributed by atoms with Crippen molar-refractivity contribution in [2.24, 2.45) is 0 Å². The molecule has 1 fully saturated rings. The molecule has 5 rings (SSSR count). The third kappa shape index (κ3) is 3.38. The quantitative estimate of drug-likeness (QED) is 0.605. The molecule has 2 aliphatic rings. The normalized spacial score (nSPS) is 16.9. The monoisotopic (exact) mass is 426 g/mol. The van der Waals surface area contributed by atoms with Gasteiger partial charge in [-0.25, -0.2) is 9.97 Å². The van der Waals surface area contributed by atoms with E-state index in [1.807, 2.05) is 35.3 Å². The molecule has 1 saturated heterocycles. The van der Waals surface area contributed by atoms with Crippen LogP contribution in [0.25, 0.3) is 10.2 Å². The van der Waals surface area contributed by atoms with E-state index in [-0.39, 0.29) is 5.91 Å². The van der Waals surface area contributed by atoms with Gasteiger partial charge in [0.15, 0.2) is 0 Å². The Balaban J connectivity index is 1.41. The van der Waals surface area contributed by atoms with Gasteiger partial charge < -0.3 is 9.80 Å². The highest BCUT2D eigenvalue weighted by atomic mass is 35.5. The van der Waals surface area contributed by atoms with Crippen molar-refractivity contribution in [1.29, 1.82) is 0 Å². The number of benzene rings is 1. The van der Waals surface area contributed by atoms with Gasteiger partial charge in [0.2, 0.25) is 0 Å². The van der Waals surface area contributed by atoms with E-state index in [0.717, 1.165) is 42.4 Å². The molecule has 1 aliphatic heterocycles. The van der Waals surface area contributed by atoms with Crippen LogP contribution in [0.4, 0.5) is 5.82 Å². The predicted molar refractivity (Wildman–Crippen MR) is 118 cm³/mol. The number of fused-ring (bicyclic) bond motifs is 3. The highest BCUT2D eigenvalue weighted by molar-refractivity contribution is 7.19. The smallest absolute Gasteiger partial charge is 0.255 e. The molecule has 0 unspecified atom stereocenters. The molecule has 3 aromatic rings. The number of hydrogen-bond donors (Lipinski definition) is 0. The van der Waals surface area contributed by atoms with Crippen LogP contribution in [0.5, 0.6) is 0 Å². The lowest BCUT2D eigenvalue weighted by Crippen LogP contribution is -2.49. The maximum absolute atomic E-state index is 12.9. The van der Waals surface area contributed by atoms with Gasteiger partial charge in [-0.2, -0.15) is 0 Å². The van der Waals surface area contributed by atoms with Crippen molar-refractivity contribution >= 4 is 44.9 Å². The fourth-order valence-electron chi connectivity index (χ4n) is 4.40. The van der Waals surface area contributed by atoms with Crippen LogP contribution in [0, 0.1) is 6.92 Å². The van der Waals surface area contributed by atoms with Crippen LogP contribution in [0.1, 0.15) is 39.5 Å². The molecule has 0 radical (unpaired) electrons. The fraction of sp³-hybridized carbons (Fsp3) is 0.409.